The normalized spacial score (nSPS) is 10.5. The molecule has 0 aliphatic heterocycles. The third-order valence-corrected chi connectivity index (χ3v) is 2.62. The Morgan fingerprint density at radius 3 is 2.60 bits per heavy atom. The summed E-state index contributed by atoms with van der Waals surface area (Å²) in [5.74, 6) is 0. The van der Waals surface area contributed by atoms with Crippen LogP contribution < -0.4 is 0 Å². The van der Waals surface area contributed by atoms with Crippen LogP contribution in [0.25, 0.3) is 0 Å². The van der Waals surface area contributed by atoms with Gasteiger partial charge in [0.05, 0.1) is 0 Å². The number of benzene rings is 1. The molecule has 0 unspecified atom stereocenters. The molecule has 1 heterocycles. The third-order valence-electron chi connectivity index (χ3n) is 2.62. The molecule has 0 saturated carbocycles. The second kappa shape index (κ2) is 4.35. The van der Waals surface area contributed by atoms with Crippen molar-refractivity contribution in [3.05, 3.63) is 65.8 Å². The molecule has 0 N–H and O–H groups in total. The van der Waals surface area contributed by atoms with Crippen LogP contribution in [-0.2, 0) is 6.54 Å². The fourth-order valence-corrected chi connectivity index (χ4v) is 1.68. The summed E-state index contributed by atoms with van der Waals surface area (Å²) in [5, 5.41) is 0. The molecule has 1 nitrogen and oxygen atoms in total. The topological polar surface area (TPSA) is 4.93 Å². The molecule has 15 heavy (non-hydrogen) atoms. The molecule has 0 bridgehead atoms. The molecule has 2 aromatic rings. The third kappa shape index (κ3) is 2.50. The zero-order valence-electron chi connectivity index (χ0n) is 9.27. The minimum atomic E-state index is 0.942. The smallest absolute Gasteiger partial charge is 0.0295 e. The van der Waals surface area contributed by atoms with Crippen molar-refractivity contribution in [2.75, 3.05) is 0 Å². The number of aromatic nitrogens is 1. The quantitative estimate of drug-likeness (QED) is 0.712. The van der Waals surface area contributed by atoms with Crippen molar-refractivity contribution in [1.29, 1.82) is 0 Å². The first-order chi connectivity index (χ1) is 7.25. The minimum absolute atomic E-state index is 0.942. The van der Waals surface area contributed by atoms with E-state index in [4.69, 9.17) is 0 Å². The lowest BCUT2D eigenvalue weighted by molar-refractivity contribution is 0.794. The summed E-state index contributed by atoms with van der Waals surface area (Å²) in [5.41, 5.74) is 4.00. The number of hydrogen-bond acceptors (Lipinski definition) is 0. The van der Waals surface area contributed by atoms with Gasteiger partial charge in [0.2, 0.25) is 0 Å². The molecule has 1 aromatic heterocycles. The predicted molar refractivity (Wildman–Crippen MR) is 63.8 cm³/mol. The van der Waals surface area contributed by atoms with Crippen molar-refractivity contribution in [3.8, 4) is 0 Å². The Morgan fingerprint density at radius 1 is 1.13 bits per heavy atom. The summed E-state index contributed by atoms with van der Waals surface area (Å²) >= 11 is 0. The van der Waals surface area contributed by atoms with Crippen molar-refractivity contribution in [2.24, 2.45) is 0 Å². The van der Waals surface area contributed by atoms with Gasteiger partial charge in [-0.2, -0.15) is 0 Å². The molecule has 1 radical (unpaired) electrons. The number of nitrogens with zero attached hydrogens (tertiary/aromatic N) is 1. The van der Waals surface area contributed by atoms with Gasteiger partial charge >= 0.3 is 0 Å². The van der Waals surface area contributed by atoms with E-state index in [1.165, 1.54) is 16.7 Å². The monoisotopic (exact) mass is 198 g/mol. The second-order valence-electron chi connectivity index (χ2n) is 3.94. The van der Waals surface area contributed by atoms with E-state index in [1.54, 1.807) is 0 Å². The number of rotatable bonds is 3. The average Bonchev–Trinajstić information content (AvgIpc) is 2.72. The van der Waals surface area contributed by atoms with Crippen LogP contribution in [0.3, 0.4) is 0 Å². The summed E-state index contributed by atoms with van der Waals surface area (Å²) in [7, 11) is 0. The first-order valence-electron chi connectivity index (χ1n) is 5.27. The lowest BCUT2D eigenvalue weighted by atomic mass is 10.0. The summed E-state index contributed by atoms with van der Waals surface area (Å²) in [6, 6.07) is 10.7. The largest absolute Gasteiger partial charge is 0.354 e. The van der Waals surface area contributed by atoms with Gasteiger partial charge in [-0.25, -0.2) is 0 Å². The summed E-state index contributed by atoms with van der Waals surface area (Å²) in [6.45, 7) is 5.23. The van der Waals surface area contributed by atoms with Crippen LogP contribution in [0.1, 0.15) is 16.7 Å². The Bertz CT molecular complexity index is 427. The molecule has 1 heteroatoms. The van der Waals surface area contributed by atoms with E-state index >= 15 is 0 Å². The Labute approximate surface area is 91.4 Å². The van der Waals surface area contributed by atoms with Gasteiger partial charge in [-0.15, -0.1) is 0 Å². The Hall–Kier alpha value is -1.50. The molecule has 0 saturated heterocycles. The maximum Gasteiger partial charge on any atom is 0.0295 e. The predicted octanol–water partition coefficient (Wildman–Crippen LogP) is 3.36. The van der Waals surface area contributed by atoms with E-state index in [2.05, 4.69) is 67.6 Å². The highest BCUT2D eigenvalue weighted by molar-refractivity contribution is 5.35. The highest BCUT2D eigenvalue weighted by atomic mass is 14.9. The first-order valence-corrected chi connectivity index (χ1v) is 5.27. The van der Waals surface area contributed by atoms with Crippen molar-refractivity contribution in [2.45, 2.75) is 20.4 Å². The summed E-state index contributed by atoms with van der Waals surface area (Å²) in [6.07, 6.45) is 6.44. The fourth-order valence-electron chi connectivity index (χ4n) is 1.68. The van der Waals surface area contributed by atoms with Crippen molar-refractivity contribution >= 4 is 0 Å². The summed E-state index contributed by atoms with van der Waals surface area (Å²) < 4.78 is 2.17. The van der Waals surface area contributed by atoms with Gasteiger partial charge < -0.3 is 4.57 Å². The van der Waals surface area contributed by atoms with Gasteiger partial charge in [-0.3, -0.25) is 0 Å². The number of aryl methyl sites for hydroxylation is 2. The minimum Gasteiger partial charge on any atom is -0.354 e. The maximum atomic E-state index is 2.27. The molecule has 77 valence electrons. The van der Waals surface area contributed by atoms with Gasteiger partial charge in [0, 0.05) is 25.4 Å². The van der Waals surface area contributed by atoms with Crippen molar-refractivity contribution in [3.63, 3.8) is 0 Å². The van der Waals surface area contributed by atoms with Crippen molar-refractivity contribution in [1.82, 2.24) is 4.57 Å². The van der Waals surface area contributed by atoms with Crippen LogP contribution in [0.5, 0.6) is 0 Å². The Kier molecular flexibility index (Phi) is 2.91. The molecule has 0 atom stereocenters. The zero-order chi connectivity index (χ0) is 10.7. The van der Waals surface area contributed by atoms with Gasteiger partial charge in [-0.05, 0) is 37.1 Å². The summed E-state index contributed by atoms with van der Waals surface area (Å²) in [4.78, 5) is 0. The Morgan fingerprint density at radius 2 is 1.87 bits per heavy atom. The molecular weight excluding hydrogens is 182 g/mol. The number of hydrogen-bond donors (Lipinski definition) is 0. The van der Waals surface area contributed by atoms with Gasteiger partial charge in [0.1, 0.15) is 0 Å². The molecule has 0 spiro atoms. The highest BCUT2D eigenvalue weighted by Gasteiger charge is 1.99. The van der Waals surface area contributed by atoms with Gasteiger partial charge in [0.25, 0.3) is 0 Å². The molecule has 0 aliphatic carbocycles. The average molecular weight is 198 g/mol. The second-order valence-corrected chi connectivity index (χ2v) is 3.94. The standard InChI is InChI=1S/C14H16N/c1-12-5-6-13(2)14(11-12)7-10-15-8-3-4-9-15/h3-9,11H,10H2,1-2H3. The van der Waals surface area contributed by atoms with E-state index < -0.39 is 0 Å². The van der Waals surface area contributed by atoms with Crippen molar-refractivity contribution < 1.29 is 0 Å². The van der Waals surface area contributed by atoms with Crippen LogP contribution in [-0.4, -0.2) is 4.57 Å². The molecule has 1 aromatic carbocycles. The van der Waals surface area contributed by atoms with Crippen LogP contribution in [0.15, 0.2) is 42.7 Å². The molecular formula is C14H16N. The molecule has 0 aliphatic rings. The van der Waals surface area contributed by atoms with Crippen LogP contribution >= 0.6 is 0 Å². The lowest BCUT2D eigenvalue weighted by Gasteiger charge is -2.07. The molecule has 0 fully saturated rings. The van der Waals surface area contributed by atoms with E-state index in [9.17, 15) is 0 Å². The zero-order valence-corrected chi connectivity index (χ0v) is 9.27. The SMILES string of the molecule is Cc1ccc(C)c([CH]Cn2cccc2)c1. The van der Waals surface area contributed by atoms with Gasteiger partial charge in [-0.1, -0.05) is 23.8 Å². The van der Waals surface area contributed by atoms with E-state index in [-0.39, 0.29) is 0 Å². The van der Waals surface area contributed by atoms with Crippen LogP contribution in [0.2, 0.25) is 0 Å². The van der Waals surface area contributed by atoms with E-state index in [0.717, 1.165) is 6.54 Å². The van der Waals surface area contributed by atoms with E-state index in [1.807, 2.05) is 0 Å². The van der Waals surface area contributed by atoms with E-state index in [0.29, 0.717) is 0 Å². The fraction of sp³-hybridized carbons (Fsp3) is 0.214. The van der Waals surface area contributed by atoms with Crippen LogP contribution in [0, 0.1) is 20.3 Å². The first kappa shape index (κ1) is 10.0. The van der Waals surface area contributed by atoms with Gasteiger partial charge in [0.15, 0.2) is 0 Å². The Balaban J connectivity index is 2.07. The maximum absolute atomic E-state index is 2.27. The molecule has 2 rings (SSSR count). The van der Waals surface area contributed by atoms with Crippen LogP contribution in [0.4, 0.5) is 0 Å². The highest BCUT2D eigenvalue weighted by Crippen LogP contribution is 2.13. The lowest BCUT2D eigenvalue weighted by Crippen LogP contribution is -1.97. The molecule has 0 amide bonds.